The zero-order valence-corrected chi connectivity index (χ0v) is 15.1. The first kappa shape index (κ1) is 19.3. The summed E-state index contributed by atoms with van der Waals surface area (Å²) < 4.78 is 5.39. The van der Waals surface area contributed by atoms with Crippen LogP contribution < -0.4 is 15.4 Å². The summed E-state index contributed by atoms with van der Waals surface area (Å²) in [7, 11) is 1.71. The van der Waals surface area contributed by atoms with E-state index in [-0.39, 0.29) is 0 Å². The highest BCUT2D eigenvalue weighted by Gasteiger charge is 2.03. The molecule has 0 aliphatic rings. The van der Waals surface area contributed by atoms with Crippen molar-refractivity contribution in [2.45, 2.75) is 27.2 Å². The van der Waals surface area contributed by atoms with Crippen LogP contribution in [-0.2, 0) is 6.42 Å². The molecule has 0 amide bonds. The molecule has 0 heterocycles. The number of hydrogen-bond acceptors (Lipinski definition) is 3. The smallest absolute Gasteiger partial charge is 0.191 e. The third kappa shape index (κ3) is 7.37. The van der Waals surface area contributed by atoms with Crippen molar-refractivity contribution in [2.24, 2.45) is 4.99 Å². The third-order valence-corrected chi connectivity index (χ3v) is 3.80. The highest BCUT2D eigenvalue weighted by molar-refractivity contribution is 5.79. The first-order chi connectivity index (χ1) is 11.2. The molecule has 0 fully saturated rings. The molecular weight excluding hydrogens is 288 g/mol. The number of guanidine groups is 1. The van der Waals surface area contributed by atoms with Gasteiger partial charge in [-0.15, -0.1) is 0 Å². The molecule has 0 bridgehead atoms. The maximum absolute atomic E-state index is 5.39. The van der Waals surface area contributed by atoms with Crippen molar-refractivity contribution in [1.82, 2.24) is 15.5 Å². The van der Waals surface area contributed by atoms with Crippen molar-refractivity contribution < 1.29 is 4.74 Å². The van der Waals surface area contributed by atoms with Gasteiger partial charge >= 0.3 is 0 Å². The SMILES string of the molecule is CCNC(=NCCN(CC)CC)NCCc1ccccc1OC. The molecule has 0 radical (unpaired) electrons. The minimum absolute atomic E-state index is 0.811. The number of para-hydroxylation sites is 1. The molecule has 23 heavy (non-hydrogen) atoms. The molecule has 0 saturated heterocycles. The van der Waals surface area contributed by atoms with Crippen LogP contribution in [0.4, 0.5) is 0 Å². The van der Waals surface area contributed by atoms with Crippen LogP contribution in [0.2, 0.25) is 0 Å². The summed E-state index contributed by atoms with van der Waals surface area (Å²) in [5, 5.41) is 6.69. The number of ether oxygens (including phenoxy) is 1. The summed E-state index contributed by atoms with van der Waals surface area (Å²) >= 11 is 0. The van der Waals surface area contributed by atoms with Crippen molar-refractivity contribution in [2.75, 3.05) is 46.4 Å². The highest BCUT2D eigenvalue weighted by Crippen LogP contribution is 2.17. The molecular formula is C18H32N4O. The summed E-state index contributed by atoms with van der Waals surface area (Å²) in [5.74, 6) is 1.83. The highest BCUT2D eigenvalue weighted by atomic mass is 16.5. The predicted octanol–water partition coefficient (Wildman–Crippen LogP) is 2.13. The Hall–Kier alpha value is -1.75. The van der Waals surface area contributed by atoms with Gasteiger partial charge in [-0.3, -0.25) is 4.99 Å². The van der Waals surface area contributed by atoms with Gasteiger partial charge in [-0.1, -0.05) is 32.0 Å². The van der Waals surface area contributed by atoms with Crippen molar-refractivity contribution in [3.05, 3.63) is 29.8 Å². The Bertz CT molecular complexity index is 458. The molecule has 0 spiro atoms. The van der Waals surface area contributed by atoms with Crippen LogP contribution in [0, 0.1) is 0 Å². The largest absolute Gasteiger partial charge is 0.496 e. The van der Waals surface area contributed by atoms with E-state index in [2.05, 4.69) is 47.4 Å². The van der Waals surface area contributed by atoms with Crippen molar-refractivity contribution >= 4 is 5.96 Å². The molecule has 0 atom stereocenters. The predicted molar refractivity (Wildman–Crippen MR) is 98.5 cm³/mol. The first-order valence-corrected chi connectivity index (χ1v) is 8.61. The van der Waals surface area contributed by atoms with Gasteiger partial charge in [-0.25, -0.2) is 0 Å². The summed E-state index contributed by atoms with van der Waals surface area (Å²) in [6.45, 7) is 12.1. The van der Waals surface area contributed by atoms with Crippen LogP contribution in [0.15, 0.2) is 29.3 Å². The second-order valence-corrected chi connectivity index (χ2v) is 5.28. The van der Waals surface area contributed by atoms with E-state index in [4.69, 9.17) is 4.74 Å². The maximum Gasteiger partial charge on any atom is 0.191 e. The number of hydrogen-bond donors (Lipinski definition) is 2. The summed E-state index contributed by atoms with van der Waals surface area (Å²) in [6, 6.07) is 8.14. The number of nitrogens with zero attached hydrogens (tertiary/aromatic N) is 2. The molecule has 0 aliphatic carbocycles. The molecule has 0 unspecified atom stereocenters. The Balaban J connectivity index is 2.46. The summed E-state index contributed by atoms with van der Waals surface area (Å²) in [5.41, 5.74) is 1.21. The standard InChI is InChI=1S/C18H32N4O/c1-5-19-18(21-14-15-22(6-2)7-3)20-13-12-16-10-8-9-11-17(16)23-4/h8-11H,5-7,12-15H2,1-4H3,(H2,19,20,21). The van der Waals surface area contributed by atoms with Crippen molar-refractivity contribution in [1.29, 1.82) is 0 Å². The zero-order valence-electron chi connectivity index (χ0n) is 15.1. The normalized spacial score (nSPS) is 11.6. The lowest BCUT2D eigenvalue weighted by Gasteiger charge is -2.17. The minimum Gasteiger partial charge on any atom is -0.496 e. The molecule has 5 nitrogen and oxygen atoms in total. The zero-order chi connectivity index (χ0) is 16.9. The average molecular weight is 320 g/mol. The second kappa shape index (κ2) is 11.8. The monoisotopic (exact) mass is 320 g/mol. The molecule has 0 aromatic heterocycles. The second-order valence-electron chi connectivity index (χ2n) is 5.28. The number of nitrogens with one attached hydrogen (secondary N) is 2. The summed E-state index contributed by atoms with van der Waals surface area (Å²) in [4.78, 5) is 7.02. The van der Waals surface area contributed by atoms with Crippen LogP contribution in [0.5, 0.6) is 5.75 Å². The van der Waals surface area contributed by atoms with Gasteiger partial charge < -0.3 is 20.3 Å². The number of aliphatic imine (C=N–C) groups is 1. The van der Waals surface area contributed by atoms with E-state index < -0.39 is 0 Å². The lowest BCUT2D eigenvalue weighted by molar-refractivity contribution is 0.313. The van der Waals surface area contributed by atoms with Crippen molar-refractivity contribution in [3.8, 4) is 5.75 Å². The lowest BCUT2D eigenvalue weighted by atomic mass is 10.1. The Labute approximate surface area is 141 Å². The number of rotatable bonds is 10. The Kier molecular flexibility index (Phi) is 9.87. The van der Waals surface area contributed by atoms with Gasteiger partial charge in [0, 0.05) is 19.6 Å². The fourth-order valence-corrected chi connectivity index (χ4v) is 2.41. The van der Waals surface area contributed by atoms with Gasteiger partial charge in [0.1, 0.15) is 5.75 Å². The van der Waals surface area contributed by atoms with E-state index in [1.54, 1.807) is 7.11 Å². The molecule has 130 valence electrons. The van der Waals surface area contributed by atoms with E-state index in [1.165, 1.54) is 5.56 Å². The van der Waals surface area contributed by atoms with Crippen molar-refractivity contribution in [3.63, 3.8) is 0 Å². The molecule has 5 heteroatoms. The van der Waals surface area contributed by atoms with Gasteiger partial charge in [0.15, 0.2) is 5.96 Å². The average Bonchev–Trinajstić information content (AvgIpc) is 2.59. The van der Waals surface area contributed by atoms with E-state index in [1.807, 2.05) is 18.2 Å². The van der Waals surface area contributed by atoms with Crippen LogP contribution in [0.1, 0.15) is 26.3 Å². The van der Waals surface area contributed by atoms with Gasteiger partial charge in [-0.05, 0) is 38.1 Å². The Morgan fingerprint density at radius 1 is 1.13 bits per heavy atom. The van der Waals surface area contributed by atoms with E-state index in [0.717, 1.165) is 57.4 Å². The Morgan fingerprint density at radius 2 is 1.87 bits per heavy atom. The fraction of sp³-hybridized carbons (Fsp3) is 0.611. The van der Waals surface area contributed by atoms with Gasteiger partial charge in [-0.2, -0.15) is 0 Å². The fourth-order valence-electron chi connectivity index (χ4n) is 2.41. The lowest BCUT2D eigenvalue weighted by Crippen LogP contribution is -2.39. The molecule has 1 aromatic rings. The van der Waals surface area contributed by atoms with Crippen LogP contribution in [-0.4, -0.2) is 57.2 Å². The minimum atomic E-state index is 0.811. The number of methoxy groups -OCH3 is 1. The van der Waals surface area contributed by atoms with Crippen LogP contribution >= 0.6 is 0 Å². The first-order valence-electron chi connectivity index (χ1n) is 8.61. The van der Waals surface area contributed by atoms with Crippen LogP contribution in [0.25, 0.3) is 0 Å². The number of benzene rings is 1. The molecule has 0 saturated carbocycles. The van der Waals surface area contributed by atoms with E-state index in [0.29, 0.717) is 0 Å². The third-order valence-electron chi connectivity index (χ3n) is 3.80. The topological polar surface area (TPSA) is 48.9 Å². The van der Waals surface area contributed by atoms with Gasteiger partial charge in [0.05, 0.1) is 13.7 Å². The number of likely N-dealkylation sites (N-methyl/N-ethyl adjacent to an activating group) is 1. The molecule has 2 N–H and O–H groups in total. The van der Waals surface area contributed by atoms with E-state index in [9.17, 15) is 0 Å². The van der Waals surface area contributed by atoms with Gasteiger partial charge in [0.25, 0.3) is 0 Å². The summed E-state index contributed by atoms with van der Waals surface area (Å²) in [6.07, 6.45) is 0.907. The Morgan fingerprint density at radius 3 is 2.52 bits per heavy atom. The van der Waals surface area contributed by atoms with Crippen LogP contribution in [0.3, 0.4) is 0 Å². The van der Waals surface area contributed by atoms with Gasteiger partial charge in [0.2, 0.25) is 0 Å². The molecule has 1 aromatic carbocycles. The maximum atomic E-state index is 5.39. The molecule has 0 aliphatic heterocycles. The van der Waals surface area contributed by atoms with E-state index >= 15 is 0 Å². The molecule has 1 rings (SSSR count). The quantitative estimate of drug-likeness (QED) is 0.512.